The van der Waals surface area contributed by atoms with Crippen molar-refractivity contribution in [3.05, 3.63) is 11.6 Å². The minimum atomic E-state index is -0.144. The maximum absolute atomic E-state index is 12.3. The van der Waals surface area contributed by atoms with E-state index in [1.165, 1.54) is 24.8 Å². The first-order chi connectivity index (χ1) is 9.95. The van der Waals surface area contributed by atoms with Crippen molar-refractivity contribution in [3.8, 4) is 0 Å². The number of allylic oxidation sites excluding steroid dienone is 2. The molecule has 0 unspecified atom stereocenters. The van der Waals surface area contributed by atoms with Crippen LogP contribution in [-0.4, -0.2) is 11.6 Å². The van der Waals surface area contributed by atoms with E-state index in [1.54, 1.807) is 0 Å². The van der Waals surface area contributed by atoms with Crippen LogP contribution >= 0.6 is 0 Å². The van der Waals surface area contributed by atoms with E-state index in [-0.39, 0.29) is 5.41 Å². The minimum absolute atomic E-state index is 0.144. The van der Waals surface area contributed by atoms with Crippen LogP contribution in [-0.2, 0) is 9.59 Å². The molecule has 4 rings (SSSR count). The van der Waals surface area contributed by atoms with E-state index in [0.717, 1.165) is 25.7 Å². The Balaban J connectivity index is 1.68. The van der Waals surface area contributed by atoms with Gasteiger partial charge in [0.1, 0.15) is 11.6 Å². The SMILES string of the molecule is C[C@@]12CC[C@H]3[C@@H](CC[C@H]4CC(=O)CC[C@]43C)C1=CCC2=O. The summed E-state index contributed by atoms with van der Waals surface area (Å²) < 4.78 is 0. The Hall–Kier alpha value is -0.920. The van der Waals surface area contributed by atoms with Gasteiger partial charge in [0.25, 0.3) is 0 Å². The highest BCUT2D eigenvalue weighted by atomic mass is 16.1. The van der Waals surface area contributed by atoms with Crippen molar-refractivity contribution in [2.75, 3.05) is 0 Å². The summed E-state index contributed by atoms with van der Waals surface area (Å²) in [4.78, 5) is 24.2. The summed E-state index contributed by atoms with van der Waals surface area (Å²) in [5.41, 5.74) is 1.67. The second kappa shape index (κ2) is 4.30. The largest absolute Gasteiger partial charge is 0.300 e. The summed E-state index contributed by atoms with van der Waals surface area (Å²) >= 11 is 0. The van der Waals surface area contributed by atoms with Crippen LogP contribution in [0.5, 0.6) is 0 Å². The van der Waals surface area contributed by atoms with Gasteiger partial charge in [-0.2, -0.15) is 0 Å². The Kier molecular flexibility index (Phi) is 2.81. The maximum atomic E-state index is 12.3. The molecule has 21 heavy (non-hydrogen) atoms. The molecule has 0 bridgehead atoms. The van der Waals surface area contributed by atoms with E-state index < -0.39 is 0 Å². The average molecular weight is 286 g/mol. The molecule has 0 aliphatic heterocycles. The first-order valence-corrected chi connectivity index (χ1v) is 8.71. The van der Waals surface area contributed by atoms with Crippen LogP contribution in [0, 0.1) is 28.6 Å². The maximum Gasteiger partial charge on any atom is 0.146 e. The standard InChI is InChI=1S/C19H26O2/c1-18-9-7-13(20)11-12(18)3-4-14-15-5-6-17(21)19(15,2)10-8-16(14)18/h5,12,14,16H,3-4,6-11H2,1-2H3/t12-,14-,16-,18+,19+/m0/s1. The molecular formula is C19H26O2. The fraction of sp³-hybridized carbons (Fsp3) is 0.789. The van der Waals surface area contributed by atoms with Gasteiger partial charge in [-0.15, -0.1) is 0 Å². The van der Waals surface area contributed by atoms with Gasteiger partial charge in [0.2, 0.25) is 0 Å². The molecule has 0 aromatic carbocycles. The highest BCUT2D eigenvalue weighted by Crippen LogP contribution is 2.63. The summed E-state index contributed by atoms with van der Waals surface area (Å²) in [6, 6.07) is 0. The number of fused-ring (bicyclic) bond motifs is 5. The molecule has 2 nitrogen and oxygen atoms in total. The molecule has 114 valence electrons. The molecule has 0 radical (unpaired) electrons. The second-order valence-electron chi connectivity index (χ2n) is 8.39. The van der Waals surface area contributed by atoms with Gasteiger partial charge < -0.3 is 0 Å². The third-order valence-electron chi connectivity index (χ3n) is 7.62. The summed E-state index contributed by atoms with van der Waals surface area (Å²) in [6.45, 7) is 4.63. The zero-order valence-electron chi connectivity index (χ0n) is 13.3. The van der Waals surface area contributed by atoms with Gasteiger partial charge in [-0.1, -0.05) is 18.6 Å². The molecule has 5 atom stereocenters. The van der Waals surface area contributed by atoms with Crippen LogP contribution in [0.3, 0.4) is 0 Å². The first kappa shape index (κ1) is 13.7. The Morgan fingerprint density at radius 1 is 1.10 bits per heavy atom. The molecule has 3 fully saturated rings. The molecule has 0 heterocycles. The predicted molar refractivity (Wildman–Crippen MR) is 81.7 cm³/mol. The molecule has 0 aromatic rings. The monoisotopic (exact) mass is 286 g/mol. The summed E-state index contributed by atoms with van der Waals surface area (Å²) in [6.07, 6.45) is 10.2. The lowest BCUT2D eigenvalue weighted by molar-refractivity contribution is -0.133. The van der Waals surface area contributed by atoms with Crippen LogP contribution in [0.15, 0.2) is 11.6 Å². The van der Waals surface area contributed by atoms with Crippen molar-refractivity contribution in [1.82, 2.24) is 0 Å². The highest BCUT2D eigenvalue weighted by Gasteiger charge is 2.57. The van der Waals surface area contributed by atoms with Crippen molar-refractivity contribution in [2.45, 2.75) is 65.2 Å². The molecular weight excluding hydrogens is 260 g/mol. The van der Waals surface area contributed by atoms with Crippen molar-refractivity contribution in [2.24, 2.45) is 28.6 Å². The fourth-order valence-corrected chi connectivity index (χ4v) is 6.19. The summed E-state index contributed by atoms with van der Waals surface area (Å²) in [5.74, 6) is 2.84. The van der Waals surface area contributed by atoms with E-state index in [0.29, 0.717) is 41.2 Å². The Morgan fingerprint density at radius 2 is 1.90 bits per heavy atom. The number of hydrogen-bond donors (Lipinski definition) is 0. The van der Waals surface area contributed by atoms with Gasteiger partial charge in [-0.05, 0) is 62.2 Å². The van der Waals surface area contributed by atoms with Crippen molar-refractivity contribution >= 4 is 11.6 Å². The molecule has 0 N–H and O–H groups in total. The van der Waals surface area contributed by atoms with Gasteiger partial charge in [0, 0.05) is 24.7 Å². The number of rotatable bonds is 0. The topological polar surface area (TPSA) is 34.1 Å². The molecule has 4 aliphatic rings. The number of hydrogen-bond acceptors (Lipinski definition) is 2. The summed E-state index contributed by atoms with van der Waals surface area (Å²) in [7, 11) is 0. The van der Waals surface area contributed by atoms with E-state index in [9.17, 15) is 9.59 Å². The Bertz CT molecular complexity index is 546. The van der Waals surface area contributed by atoms with Gasteiger partial charge in [0.05, 0.1) is 0 Å². The molecule has 0 spiro atoms. The van der Waals surface area contributed by atoms with E-state index in [4.69, 9.17) is 0 Å². The van der Waals surface area contributed by atoms with Crippen molar-refractivity contribution < 1.29 is 9.59 Å². The number of carbonyl (C=O) groups excluding carboxylic acids is 2. The third kappa shape index (κ3) is 1.71. The number of Topliss-reactive ketones (excluding diaryl/α,β-unsaturated/α-hetero) is 2. The highest BCUT2D eigenvalue weighted by molar-refractivity contribution is 5.92. The predicted octanol–water partition coefficient (Wildman–Crippen LogP) is 4.09. The normalized spacial score (nSPS) is 49.2. The van der Waals surface area contributed by atoms with Crippen molar-refractivity contribution in [1.29, 1.82) is 0 Å². The van der Waals surface area contributed by atoms with Gasteiger partial charge in [-0.3, -0.25) is 9.59 Å². The molecule has 3 saturated carbocycles. The first-order valence-electron chi connectivity index (χ1n) is 8.71. The Labute approximate surface area is 127 Å². The van der Waals surface area contributed by atoms with E-state index in [1.807, 2.05) is 0 Å². The van der Waals surface area contributed by atoms with Crippen molar-refractivity contribution in [3.63, 3.8) is 0 Å². The average Bonchev–Trinajstić information content (AvgIpc) is 2.76. The molecule has 2 heteroatoms. The zero-order chi connectivity index (χ0) is 14.8. The molecule has 0 aromatic heterocycles. The zero-order valence-corrected chi connectivity index (χ0v) is 13.3. The Morgan fingerprint density at radius 3 is 2.71 bits per heavy atom. The lowest BCUT2D eigenvalue weighted by Gasteiger charge is -2.57. The summed E-state index contributed by atoms with van der Waals surface area (Å²) in [5, 5.41) is 0. The van der Waals surface area contributed by atoms with Gasteiger partial charge in [0.15, 0.2) is 0 Å². The molecule has 0 saturated heterocycles. The van der Waals surface area contributed by atoms with Gasteiger partial charge >= 0.3 is 0 Å². The van der Waals surface area contributed by atoms with Crippen LogP contribution < -0.4 is 0 Å². The second-order valence-corrected chi connectivity index (χ2v) is 8.39. The molecule has 4 aliphatic carbocycles. The van der Waals surface area contributed by atoms with E-state index >= 15 is 0 Å². The number of ketones is 2. The molecule has 0 amide bonds. The fourth-order valence-electron chi connectivity index (χ4n) is 6.19. The smallest absolute Gasteiger partial charge is 0.146 e. The van der Waals surface area contributed by atoms with Crippen LogP contribution in [0.25, 0.3) is 0 Å². The lowest BCUT2D eigenvalue weighted by Crippen LogP contribution is -2.51. The quantitative estimate of drug-likeness (QED) is 0.629. The number of carbonyl (C=O) groups is 2. The van der Waals surface area contributed by atoms with Crippen LogP contribution in [0.1, 0.15) is 65.2 Å². The lowest BCUT2D eigenvalue weighted by atomic mass is 9.46. The van der Waals surface area contributed by atoms with E-state index in [2.05, 4.69) is 19.9 Å². The van der Waals surface area contributed by atoms with Crippen LogP contribution in [0.2, 0.25) is 0 Å². The van der Waals surface area contributed by atoms with Gasteiger partial charge in [-0.25, -0.2) is 0 Å². The minimum Gasteiger partial charge on any atom is -0.300 e. The van der Waals surface area contributed by atoms with Crippen LogP contribution in [0.4, 0.5) is 0 Å². The third-order valence-corrected chi connectivity index (χ3v) is 7.62.